The van der Waals surface area contributed by atoms with Crippen molar-refractivity contribution in [3.8, 4) is 0 Å². The van der Waals surface area contributed by atoms with Gasteiger partial charge in [0.2, 0.25) is 0 Å². The van der Waals surface area contributed by atoms with Crippen LogP contribution < -0.4 is 5.32 Å². The molecule has 1 aromatic rings. The molecule has 1 aliphatic carbocycles. The molecule has 13 heavy (non-hydrogen) atoms. The summed E-state index contributed by atoms with van der Waals surface area (Å²) in [6.45, 7) is 4.39. The van der Waals surface area contributed by atoms with E-state index >= 15 is 0 Å². The summed E-state index contributed by atoms with van der Waals surface area (Å²) in [6, 6.07) is 0.473. The van der Waals surface area contributed by atoms with Crippen LogP contribution in [-0.4, -0.2) is 16.4 Å². The number of alkyl halides is 1. The largest absolute Gasteiger partial charge is 0.358 e. The molecule has 1 aliphatic rings. The van der Waals surface area contributed by atoms with Crippen molar-refractivity contribution in [2.45, 2.75) is 31.7 Å². The Balaban J connectivity index is 1.98. The zero-order chi connectivity index (χ0) is 9.47. The molecule has 0 radical (unpaired) electrons. The number of thiazole rings is 1. The zero-order valence-electron chi connectivity index (χ0n) is 7.75. The molecule has 2 unspecified atom stereocenters. The van der Waals surface area contributed by atoms with Crippen LogP contribution in [0.5, 0.6) is 0 Å². The summed E-state index contributed by atoms with van der Waals surface area (Å²) in [7, 11) is 0. The lowest BCUT2D eigenvalue weighted by molar-refractivity contribution is 0.168. The number of rotatable bonds is 2. The molecule has 4 heteroatoms. The molecule has 2 atom stereocenters. The summed E-state index contributed by atoms with van der Waals surface area (Å²) in [6.07, 6.45) is 2.85. The number of halogens is 1. The summed E-state index contributed by atoms with van der Waals surface area (Å²) in [5.74, 6) is 0. The number of nitrogens with one attached hydrogen (secondary N) is 1. The molecular formula is C9H13ClN2S. The molecule has 1 saturated carbocycles. The van der Waals surface area contributed by atoms with Crippen molar-refractivity contribution in [3.63, 3.8) is 0 Å². The first-order chi connectivity index (χ1) is 6.10. The van der Waals surface area contributed by atoms with Crippen LogP contribution in [-0.2, 0) is 0 Å². The minimum atomic E-state index is 0.188. The summed E-state index contributed by atoms with van der Waals surface area (Å²) in [5.41, 5.74) is 0.188. The topological polar surface area (TPSA) is 24.9 Å². The van der Waals surface area contributed by atoms with E-state index in [2.05, 4.69) is 24.1 Å². The van der Waals surface area contributed by atoms with E-state index in [1.807, 2.05) is 11.6 Å². The lowest BCUT2D eigenvalue weighted by Gasteiger charge is -2.49. The summed E-state index contributed by atoms with van der Waals surface area (Å²) >= 11 is 7.76. The van der Waals surface area contributed by atoms with Gasteiger partial charge in [-0.05, 0) is 6.42 Å². The maximum absolute atomic E-state index is 6.12. The number of anilines is 1. The second-order valence-electron chi connectivity index (χ2n) is 4.06. The molecule has 0 spiro atoms. The van der Waals surface area contributed by atoms with Crippen LogP contribution in [0.4, 0.5) is 5.13 Å². The highest BCUT2D eigenvalue weighted by Gasteiger charge is 2.47. The van der Waals surface area contributed by atoms with Crippen molar-refractivity contribution >= 4 is 28.1 Å². The Kier molecular flexibility index (Phi) is 2.24. The van der Waals surface area contributed by atoms with Gasteiger partial charge in [-0.1, -0.05) is 13.8 Å². The third kappa shape index (κ3) is 1.55. The normalized spacial score (nSPS) is 31.0. The quantitative estimate of drug-likeness (QED) is 0.769. The Morgan fingerprint density at radius 1 is 1.69 bits per heavy atom. The van der Waals surface area contributed by atoms with Crippen LogP contribution in [0, 0.1) is 5.41 Å². The standard InChI is InChI=1S/C9H13ClN2S/c1-9(2)6(10)5-7(9)12-8-11-3-4-13-8/h3-4,6-7H,5H2,1-2H3,(H,11,12). The molecular weight excluding hydrogens is 204 g/mol. The Hall–Kier alpha value is -0.280. The van der Waals surface area contributed by atoms with Crippen molar-refractivity contribution in [1.29, 1.82) is 0 Å². The molecule has 1 fully saturated rings. The van der Waals surface area contributed by atoms with Crippen LogP contribution in [0.1, 0.15) is 20.3 Å². The molecule has 0 aliphatic heterocycles. The van der Waals surface area contributed by atoms with Gasteiger partial charge in [0, 0.05) is 28.4 Å². The van der Waals surface area contributed by atoms with Crippen molar-refractivity contribution in [2.75, 3.05) is 5.32 Å². The fourth-order valence-corrected chi connectivity index (χ4v) is 2.47. The molecule has 0 aromatic carbocycles. The molecule has 2 rings (SSSR count). The summed E-state index contributed by atoms with van der Waals surface area (Å²) in [5, 5.41) is 6.68. The predicted molar refractivity (Wildman–Crippen MR) is 57.6 cm³/mol. The molecule has 0 saturated heterocycles. The van der Waals surface area contributed by atoms with E-state index in [-0.39, 0.29) is 5.41 Å². The molecule has 0 amide bonds. The second-order valence-corrected chi connectivity index (χ2v) is 5.48. The molecule has 2 nitrogen and oxygen atoms in total. The lowest BCUT2D eigenvalue weighted by atomic mass is 9.67. The van der Waals surface area contributed by atoms with Gasteiger partial charge in [0.05, 0.1) is 0 Å². The number of nitrogens with zero attached hydrogens (tertiary/aromatic N) is 1. The average Bonchev–Trinajstić information content (AvgIpc) is 2.56. The minimum Gasteiger partial charge on any atom is -0.358 e. The highest BCUT2D eigenvalue weighted by molar-refractivity contribution is 7.13. The minimum absolute atomic E-state index is 0.188. The Morgan fingerprint density at radius 3 is 2.92 bits per heavy atom. The third-order valence-electron chi connectivity index (χ3n) is 2.88. The molecule has 72 valence electrons. The van der Waals surface area contributed by atoms with E-state index in [4.69, 9.17) is 11.6 Å². The van der Waals surface area contributed by atoms with E-state index in [0.717, 1.165) is 11.6 Å². The van der Waals surface area contributed by atoms with Gasteiger partial charge in [0.25, 0.3) is 0 Å². The second kappa shape index (κ2) is 3.14. The molecule has 1 N–H and O–H groups in total. The molecule has 1 heterocycles. The summed E-state index contributed by atoms with van der Waals surface area (Å²) in [4.78, 5) is 4.19. The van der Waals surface area contributed by atoms with Crippen molar-refractivity contribution in [2.24, 2.45) is 5.41 Å². The fraction of sp³-hybridized carbons (Fsp3) is 0.667. The molecule has 1 aromatic heterocycles. The van der Waals surface area contributed by atoms with E-state index in [0.29, 0.717) is 11.4 Å². The highest BCUT2D eigenvalue weighted by atomic mass is 35.5. The van der Waals surface area contributed by atoms with Crippen LogP contribution in [0.2, 0.25) is 0 Å². The first-order valence-corrected chi connectivity index (χ1v) is 5.72. The van der Waals surface area contributed by atoms with Crippen molar-refractivity contribution in [1.82, 2.24) is 4.98 Å². The third-order valence-corrected chi connectivity index (χ3v) is 4.32. The van der Waals surface area contributed by atoms with Crippen LogP contribution in [0.25, 0.3) is 0 Å². The SMILES string of the molecule is CC1(C)C(Cl)CC1Nc1nccs1. The highest BCUT2D eigenvalue weighted by Crippen LogP contribution is 2.45. The van der Waals surface area contributed by atoms with Gasteiger partial charge in [0.15, 0.2) is 5.13 Å². The van der Waals surface area contributed by atoms with Crippen LogP contribution in [0.3, 0.4) is 0 Å². The maximum Gasteiger partial charge on any atom is 0.182 e. The zero-order valence-corrected chi connectivity index (χ0v) is 9.32. The lowest BCUT2D eigenvalue weighted by Crippen LogP contribution is -2.54. The van der Waals surface area contributed by atoms with Gasteiger partial charge in [-0.2, -0.15) is 0 Å². The Labute approximate surface area is 87.3 Å². The van der Waals surface area contributed by atoms with E-state index in [1.54, 1.807) is 11.3 Å². The fourth-order valence-electron chi connectivity index (χ4n) is 1.56. The average molecular weight is 217 g/mol. The number of hydrogen-bond acceptors (Lipinski definition) is 3. The first kappa shape index (κ1) is 9.28. The van der Waals surface area contributed by atoms with Crippen LogP contribution in [0.15, 0.2) is 11.6 Å². The van der Waals surface area contributed by atoms with Crippen molar-refractivity contribution in [3.05, 3.63) is 11.6 Å². The Bertz CT molecular complexity index is 284. The molecule has 0 bridgehead atoms. The van der Waals surface area contributed by atoms with E-state index < -0.39 is 0 Å². The summed E-state index contributed by atoms with van der Waals surface area (Å²) < 4.78 is 0. The van der Waals surface area contributed by atoms with Gasteiger partial charge in [-0.25, -0.2) is 4.98 Å². The van der Waals surface area contributed by atoms with Gasteiger partial charge in [-0.15, -0.1) is 22.9 Å². The van der Waals surface area contributed by atoms with Crippen LogP contribution >= 0.6 is 22.9 Å². The van der Waals surface area contributed by atoms with E-state index in [1.165, 1.54) is 0 Å². The monoisotopic (exact) mass is 216 g/mol. The number of hydrogen-bond donors (Lipinski definition) is 1. The van der Waals surface area contributed by atoms with Gasteiger partial charge >= 0.3 is 0 Å². The number of aromatic nitrogens is 1. The van der Waals surface area contributed by atoms with Gasteiger partial charge in [0.1, 0.15) is 0 Å². The van der Waals surface area contributed by atoms with Crippen molar-refractivity contribution < 1.29 is 0 Å². The maximum atomic E-state index is 6.12. The first-order valence-electron chi connectivity index (χ1n) is 4.41. The Morgan fingerprint density at radius 2 is 2.46 bits per heavy atom. The smallest absolute Gasteiger partial charge is 0.182 e. The van der Waals surface area contributed by atoms with E-state index in [9.17, 15) is 0 Å². The predicted octanol–water partition coefficient (Wildman–Crippen LogP) is 2.96. The van der Waals surface area contributed by atoms with Gasteiger partial charge in [-0.3, -0.25) is 0 Å². The van der Waals surface area contributed by atoms with Gasteiger partial charge < -0.3 is 5.32 Å².